The summed E-state index contributed by atoms with van der Waals surface area (Å²) in [6.45, 7) is 0.538. The molecule has 2 fully saturated rings. The minimum Gasteiger partial charge on any atom is -0.383 e. The Morgan fingerprint density at radius 1 is 1.12 bits per heavy atom. The first-order chi connectivity index (χ1) is 12.1. The zero-order valence-electron chi connectivity index (χ0n) is 15.1. The van der Waals surface area contributed by atoms with Gasteiger partial charge in [-0.3, -0.25) is 0 Å². The fourth-order valence-electron chi connectivity index (χ4n) is 5.59. The molecule has 1 aromatic rings. The van der Waals surface area contributed by atoms with E-state index in [-0.39, 0.29) is 11.5 Å². The van der Waals surface area contributed by atoms with Crippen LogP contribution in [0.3, 0.4) is 0 Å². The highest BCUT2D eigenvalue weighted by Crippen LogP contribution is 2.56. The molecule has 2 aliphatic carbocycles. The van der Waals surface area contributed by atoms with Gasteiger partial charge in [-0.05, 0) is 54.9 Å². The largest absolute Gasteiger partial charge is 0.383 e. The molecule has 0 unspecified atom stereocenters. The van der Waals surface area contributed by atoms with E-state index in [1.54, 1.807) is 10.4 Å². The van der Waals surface area contributed by atoms with E-state index >= 15 is 0 Å². The van der Waals surface area contributed by atoms with Gasteiger partial charge in [0.1, 0.15) is 5.75 Å². The third-order valence-electron chi connectivity index (χ3n) is 6.43. The van der Waals surface area contributed by atoms with Crippen LogP contribution in [0.2, 0.25) is 0 Å². The van der Waals surface area contributed by atoms with Gasteiger partial charge in [0.2, 0.25) is 10.0 Å². The van der Waals surface area contributed by atoms with Crippen molar-refractivity contribution in [2.75, 3.05) is 19.1 Å². The highest BCUT2D eigenvalue weighted by atomic mass is 32.2. The number of sulfonamides is 1. The van der Waals surface area contributed by atoms with E-state index in [9.17, 15) is 16.8 Å². The number of piperidine rings is 1. The summed E-state index contributed by atoms with van der Waals surface area (Å²) < 4.78 is 54.5. The van der Waals surface area contributed by atoms with Gasteiger partial charge in [-0.25, -0.2) is 8.42 Å². The maximum atomic E-state index is 12.3. The number of hydrogen-bond acceptors (Lipinski definition) is 5. The maximum Gasteiger partial charge on any atom is 0.306 e. The molecular weight excluding hydrogens is 374 g/mol. The highest BCUT2D eigenvalue weighted by molar-refractivity contribution is 7.88. The molecule has 26 heavy (non-hydrogen) atoms. The molecular formula is C18H25NO5S2. The zero-order valence-corrected chi connectivity index (χ0v) is 16.8. The minimum atomic E-state index is -3.57. The molecule has 0 aromatic heterocycles. The van der Waals surface area contributed by atoms with Gasteiger partial charge in [0, 0.05) is 18.0 Å². The molecule has 0 amide bonds. The third-order valence-corrected chi connectivity index (χ3v) is 8.23. The Labute approximate surface area is 155 Å². The summed E-state index contributed by atoms with van der Waals surface area (Å²) in [6, 6.07) is 5.50. The minimum absolute atomic E-state index is 0.00762. The van der Waals surface area contributed by atoms with Crippen LogP contribution in [-0.2, 0) is 32.0 Å². The Balaban J connectivity index is 1.83. The zero-order chi connectivity index (χ0) is 18.7. The summed E-state index contributed by atoms with van der Waals surface area (Å²) in [4.78, 5) is 0. The van der Waals surface area contributed by atoms with E-state index in [0.29, 0.717) is 24.6 Å². The van der Waals surface area contributed by atoms with E-state index in [4.69, 9.17) is 4.18 Å². The summed E-state index contributed by atoms with van der Waals surface area (Å²) in [5.41, 5.74) is 2.24. The van der Waals surface area contributed by atoms with E-state index in [0.717, 1.165) is 43.9 Å². The van der Waals surface area contributed by atoms with Gasteiger partial charge in [-0.1, -0.05) is 18.9 Å². The Morgan fingerprint density at radius 2 is 1.88 bits per heavy atom. The van der Waals surface area contributed by atoms with Crippen molar-refractivity contribution in [2.24, 2.45) is 5.92 Å². The smallest absolute Gasteiger partial charge is 0.306 e. The molecule has 1 saturated heterocycles. The van der Waals surface area contributed by atoms with Gasteiger partial charge in [0.15, 0.2) is 0 Å². The fraction of sp³-hybridized carbons (Fsp3) is 0.667. The monoisotopic (exact) mass is 399 g/mol. The third kappa shape index (κ3) is 2.96. The van der Waals surface area contributed by atoms with Crippen molar-refractivity contribution in [3.63, 3.8) is 0 Å². The Kier molecular flexibility index (Phi) is 4.17. The molecule has 0 spiro atoms. The summed E-state index contributed by atoms with van der Waals surface area (Å²) in [5.74, 6) is 0.648. The van der Waals surface area contributed by atoms with E-state index < -0.39 is 20.1 Å². The van der Waals surface area contributed by atoms with Crippen molar-refractivity contribution in [3.05, 3.63) is 29.3 Å². The van der Waals surface area contributed by atoms with Gasteiger partial charge in [0.05, 0.1) is 12.5 Å². The summed E-state index contributed by atoms with van der Waals surface area (Å²) in [7, 11) is -6.81. The molecule has 3 aliphatic rings. The topological polar surface area (TPSA) is 80.8 Å². The van der Waals surface area contributed by atoms with Gasteiger partial charge >= 0.3 is 10.1 Å². The second-order valence-corrected chi connectivity index (χ2v) is 11.5. The van der Waals surface area contributed by atoms with Crippen molar-refractivity contribution in [2.45, 2.75) is 50.0 Å². The van der Waals surface area contributed by atoms with E-state index in [2.05, 4.69) is 0 Å². The first kappa shape index (κ1) is 18.3. The van der Waals surface area contributed by atoms with Crippen molar-refractivity contribution in [1.29, 1.82) is 0 Å². The highest BCUT2D eigenvalue weighted by Gasteiger charge is 2.55. The second-order valence-electron chi connectivity index (χ2n) is 8.01. The molecule has 1 saturated carbocycles. The first-order valence-electron chi connectivity index (χ1n) is 9.10. The Hall–Kier alpha value is -1.12. The predicted octanol–water partition coefficient (Wildman–Crippen LogP) is 2.04. The molecule has 2 bridgehead atoms. The number of rotatable bonds is 3. The summed E-state index contributed by atoms with van der Waals surface area (Å²) in [5, 5.41) is 0. The molecule has 6 nitrogen and oxygen atoms in total. The van der Waals surface area contributed by atoms with Gasteiger partial charge in [-0.15, -0.1) is 0 Å². The van der Waals surface area contributed by atoms with E-state index in [1.807, 2.05) is 12.1 Å². The quantitative estimate of drug-likeness (QED) is 0.727. The number of hydrogen-bond donors (Lipinski definition) is 0. The van der Waals surface area contributed by atoms with Crippen LogP contribution >= 0.6 is 0 Å². The lowest BCUT2D eigenvalue weighted by Crippen LogP contribution is -2.61. The maximum absolute atomic E-state index is 12.3. The molecule has 1 aromatic carbocycles. The van der Waals surface area contributed by atoms with E-state index in [1.165, 1.54) is 11.8 Å². The molecule has 144 valence electrons. The average Bonchev–Trinajstić information content (AvgIpc) is 2.53. The second kappa shape index (κ2) is 5.94. The molecule has 0 N–H and O–H groups in total. The lowest BCUT2D eigenvalue weighted by Gasteiger charge is -2.58. The number of benzene rings is 1. The summed E-state index contributed by atoms with van der Waals surface area (Å²) >= 11 is 0. The standard InChI is InChI=1S/C18H25NO5S2/c1-25(20,21)19-10-9-18-8-4-3-5-15(18)17(19)11-13-6-7-14(12-16(13)18)24-26(2,22)23/h6-7,12,15,17H,3-5,8-11H2,1-2H3/t15-,17+,18+/m0/s1. The Bertz CT molecular complexity index is 940. The lowest BCUT2D eigenvalue weighted by molar-refractivity contribution is 0.0318. The lowest BCUT2D eigenvalue weighted by atomic mass is 9.53. The first-order valence-corrected chi connectivity index (χ1v) is 12.8. The van der Waals surface area contributed by atoms with Crippen molar-refractivity contribution >= 4 is 20.1 Å². The van der Waals surface area contributed by atoms with Crippen LogP contribution in [0.15, 0.2) is 18.2 Å². The molecule has 0 radical (unpaired) electrons. The molecule has 4 rings (SSSR count). The Morgan fingerprint density at radius 3 is 2.58 bits per heavy atom. The molecule has 1 aliphatic heterocycles. The van der Waals surface area contributed by atoms with Crippen molar-refractivity contribution in [3.8, 4) is 5.75 Å². The normalized spacial score (nSPS) is 31.8. The predicted molar refractivity (Wildman–Crippen MR) is 99.2 cm³/mol. The van der Waals surface area contributed by atoms with Gasteiger partial charge in [-0.2, -0.15) is 12.7 Å². The van der Waals surface area contributed by atoms with Crippen LogP contribution in [0, 0.1) is 5.92 Å². The van der Waals surface area contributed by atoms with Crippen LogP contribution in [0.4, 0.5) is 0 Å². The van der Waals surface area contributed by atoms with Crippen LogP contribution in [-0.4, -0.2) is 46.2 Å². The van der Waals surface area contributed by atoms with Crippen molar-refractivity contribution in [1.82, 2.24) is 4.31 Å². The SMILES string of the molecule is CS(=O)(=O)Oc1ccc2c(c1)[C@@]13CCCC[C@H]1[C@@H](C2)N(S(C)(=O)=O)CC3. The molecule has 1 heterocycles. The fourth-order valence-corrected chi connectivity index (χ4v) is 7.18. The number of nitrogens with zero attached hydrogens (tertiary/aromatic N) is 1. The van der Waals surface area contributed by atoms with Crippen LogP contribution in [0.25, 0.3) is 0 Å². The van der Waals surface area contributed by atoms with Gasteiger partial charge in [0.25, 0.3) is 0 Å². The number of fused-ring (bicyclic) bond motifs is 1. The molecule has 3 atom stereocenters. The summed E-state index contributed by atoms with van der Waals surface area (Å²) in [6.07, 6.45) is 8.13. The van der Waals surface area contributed by atoms with Gasteiger partial charge < -0.3 is 4.18 Å². The molecule has 8 heteroatoms. The van der Waals surface area contributed by atoms with Crippen LogP contribution in [0.1, 0.15) is 43.2 Å². The van der Waals surface area contributed by atoms with Crippen molar-refractivity contribution < 1.29 is 21.0 Å². The average molecular weight is 400 g/mol. The van der Waals surface area contributed by atoms with Crippen LogP contribution < -0.4 is 4.18 Å². The van der Waals surface area contributed by atoms with Crippen LogP contribution in [0.5, 0.6) is 5.75 Å².